The normalized spacial score (nSPS) is 12.1. The first kappa shape index (κ1) is 15.4. The topological polar surface area (TPSA) is 42.2 Å². The molecule has 3 nitrogen and oxygen atoms in total. The van der Waals surface area contributed by atoms with E-state index in [4.69, 9.17) is 17.3 Å². The zero-order valence-electron chi connectivity index (χ0n) is 11.6. The van der Waals surface area contributed by atoms with Crippen LogP contribution in [0.4, 0.5) is 0 Å². The first-order chi connectivity index (χ1) is 8.46. The van der Waals surface area contributed by atoms with Gasteiger partial charge >= 0.3 is 0 Å². The predicted molar refractivity (Wildman–Crippen MR) is 77.7 cm³/mol. The van der Waals surface area contributed by atoms with E-state index in [0.29, 0.717) is 11.7 Å². The van der Waals surface area contributed by atoms with Crippen LogP contribution in [0.1, 0.15) is 32.9 Å². The Morgan fingerprint density at radius 2 is 2.11 bits per heavy atom. The van der Waals surface area contributed by atoms with Crippen molar-refractivity contribution in [3.8, 4) is 0 Å². The summed E-state index contributed by atoms with van der Waals surface area (Å²) >= 11 is 5.92. The van der Waals surface area contributed by atoms with Crippen LogP contribution in [0, 0.1) is 5.41 Å². The minimum absolute atomic E-state index is 0.133. The number of nitrogens with two attached hydrogens (primary N) is 1. The Morgan fingerprint density at radius 1 is 1.39 bits per heavy atom. The van der Waals surface area contributed by atoms with Crippen molar-refractivity contribution in [1.82, 2.24) is 9.88 Å². The highest BCUT2D eigenvalue weighted by Crippen LogP contribution is 2.17. The zero-order valence-corrected chi connectivity index (χ0v) is 12.4. The Labute approximate surface area is 115 Å². The van der Waals surface area contributed by atoms with Gasteiger partial charge < -0.3 is 5.73 Å². The van der Waals surface area contributed by atoms with Gasteiger partial charge in [0.05, 0.1) is 5.69 Å². The van der Waals surface area contributed by atoms with Crippen LogP contribution in [-0.4, -0.2) is 29.5 Å². The lowest BCUT2D eigenvalue weighted by Crippen LogP contribution is -2.39. The van der Waals surface area contributed by atoms with Gasteiger partial charge in [0.15, 0.2) is 0 Å². The molecule has 0 fully saturated rings. The largest absolute Gasteiger partial charge is 0.330 e. The molecule has 1 heterocycles. The summed E-state index contributed by atoms with van der Waals surface area (Å²) in [7, 11) is 0. The lowest BCUT2D eigenvalue weighted by molar-refractivity contribution is 0.174. The molecular formula is C14H24ClN3. The quantitative estimate of drug-likeness (QED) is 0.774. The molecule has 102 valence electrons. The van der Waals surface area contributed by atoms with Crippen LogP contribution >= 0.6 is 11.6 Å². The van der Waals surface area contributed by atoms with Crippen molar-refractivity contribution in [2.45, 2.75) is 33.7 Å². The highest BCUT2D eigenvalue weighted by molar-refractivity contribution is 6.29. The number of rotatable bonds is 7. The fourth-order valence-corrected chi connectivity index (χ4v) is 2.15. The van der Waals surface area contributed by atoms with Crippen LogP contribution < -0.4 is 5.73 Å². The minimum Gasteiger partial charge on any atom is -0.330 e. The van der Waals surface area contributed by atoms with Crippen LogP contribution in [0.5, 0.6) is 0 Å². The SMILES string of the molecule is CCCN(Cc1cccc(Cl)n1)CC(C)(C)CN. The Bertz CT molecular complexity index is 366. The molecule has 1 aromatic heterocycles. The predicted octanol–water partition coefficient (Wildman–Crippen LogP) is 2.93. The third kappa shape index (κ3) is 5.34. The van der Waals surface area contributed by atoms with Crippen molar-refractivity contribution >= 4 is 11.6 Å². The summed E-state index contributed by atoms with van der Waals surface area (Å²) in [5.74, 6) is 0. The van der Waals surface area contributed by atoms with Crippen molar-refractivity contribution in [2.24, 2.45) is 11.1 Å². The maximum Gasteiger partial charge on any atom is 0.129 e. The molecule has 0 spiro atoms. The molecule has 2 N–H and O–H groups in total. The second kappa shape index (κ2) is 7.07. The first-order valence-electron chi connectivity index (χ1n) is 6.50. The minimum atomic E-state index is 0.133. The Hall–Kier alpha value is -0.640. The number of hydrogen-bond acceptors (Lipinski definition) is 3. The summed E-state index contributed by atoms with van der Waals surface area (Å²) in [6.07, 6.45) is 1.13. The van der Waals surface area contributed by atoms with Crippen LogP contribution in [0.25, 0.3) is 0 Å². The molecule has 0 atom stereocenters. The zero-order chi connectivity index (χ0) is 13.6. The van der Waals surface area contributed by atoms with Crippen molar-refractivity contribution in [3.63, 3.8) is 0 Å². The number of nitrogens with zero attached hydrogens (tertiary/aromatic N) is 2. The van der Waals surface area contributed by atoms with E-state index in [2.05, 4.69) is 30.7 Å². The van der Waals surface area contributed by atoms with Gasteiger partial charge in [-0.3, -0.25) is 4.90 Å². The number of pyridine rings is 1. The van der Waals surface area contributed by atoms with Gasteiger partial charge in [0.2, 0.25) is 0 Å². The number of hydrogen-bond donors (Lipinski definition) is 1. The summed E-state index contributed by atoms with van der Waals surface area (Å²) in [5, 5.41) is 0.557. The number of aromatic nitrogens is 1. The first-order valence-corrected chi connectivity index (χ1v) is 6.88. The lowest BCUT2D eigenvalue weighted by Gasteiger charge is -2.31. The van der Waals surface area contributed by atoms with Crippen molar-refractivity contribution in [2.75, 3.05) is 19.6 Å². The average Bonchev–Trinajstić information content (AvgIpc) is 2.29. The van der Waals surface area contributed by atoms with Crippen molar-refractivity contribution < 1.29 is 0 Å². The van der Waals surface area contributed by atoms with E-state index in [1.807, 2.05) is 12.1 Å². The van der Waals surface area contributed by atoms with Crippen molar-refractivity contribution in [3.05, 3.63) is 29.0 Å². The van der Waals surface area contributed by atoms with Gasteiger partial charge in [-0.25, -0.2) is 4.98 Å². The monoisotopic (exact) mass is 269 g/mol. The fourth-order valence-electron chi connectivity index (χ4n) is 1.97. The van der Waals surface area contributed by atoms with E-state index in [9.17, 15) is 0 Å². The summed E-state index contributed by atoms with van der Waals surface area (Å²) in [6, 6.07) is 5.77. The molecule has 0 amide bonds. The average molecular weight is 270 g/mol. The van der Waals surface area contributed by atoms with Gasteiger partial charge in [-0.2, -0.15) is 0 Å². The summed E-state index contributed by atoms with van der Waals surface area (Å²) < 4.78 is 0. The Morgan fingerprint density at radius 3 is 2.67 bits per heavy atom. The van der Waals surface area contributed by atoms with E-state index in [1.54, 1.807) is 6.07 Å². The van der Waals surface area contributed by atoms with Crippen LogP contribution in [0.15, 0.2) is 18.2 Å². The maximum atomic E-state index is 5.92. The summed E-state index contributed by atoms with van der Waals surface area (Å²) in [5.41, 5.74) is 6.95. The molecule has 1 aromatic rings. The van der Waals surface area contributed by atoms with Gasteiger partial charge in [0.1, 0.15) is 5.15 Å². The van der Waals surface area contributed by atoms with Gasteiger partial charge in [-0.05, 0) is 37.1 Å². The van der Waals surface area contributed by atoms with E-state index < -0.39 is 0 Å². The van der Waals surface area contributed by atoms with E-state index in [0.717, 1.165) is 31.7 Å². The molecule has 0 radical (unpaired) electrons. The molecule has 18 heavy (non-hydrogen) atoms. The molecule has 0 bridgehead atoms. The van der Waals surface area contributed by atoms with E-state index in [1.165, 1.54) is 0 Å². The van der Waals surface area contributed by atoms with Crippen molar-refractivity contribution in [1.29, 1.82) is 0 Å². The smallest absolute Gasteiger partial charge is 0.129 e. The lowest BCUT2D eigenvalue weighted by atomic mass is 9.93. The molecule has 0 unspecified atom stereocenters. The highest BCUT2D eigenvalue weighted by atomic mass is 35.5. The van der Waals surface area contributed by atoms with Gasteiger partial charge in [0.25, 0.3) is 0 Å². The van der Waals surface area contributed by atoms with Gasteiger partial charge in [0, 0.05) is 13.1 Å². The van der Waals surface area contributed by atoms with Crippen LogP contribution in [0.3, 0.4) is 0 Å². The molecular weight excluding hydrogens is 246 g/mol. The molecule has 0 aliphatic heterocycles. The molecule has 0 aliphatic rings. The molecule has 0 aliphatic carbocycles. The second-order valence-electron chi connectivity index (χ2n) is 5.53. The molecule has 0 saturated carbocycles. The standard InChI is InChI=1S/C14H24ClN3/c1-4-8-18(11-14(2,3)10-16)9-12-6-5-7-13(15)17-12/h5-7H,4,8-11,16H2,1-3H3. The molecule has 4 heteroatoms. The molecule has 0 aromatic carbocycles. The van der Waals surface area contributed by atoms with Crippen LogP contribution in [-0.2, 0) is 6.54 Å². The fraction of sp³-hybridized carbons (Fsp3) is 0.643. The third-order valence-electron chi connectivity index (χ3n) is 2.90. The van der Waals surface area contributed by atoms with Gasteiger partial charge in [-0.1, -0.05) is 38.4 Å². The third-order valence-corrected chi connectivity index (χ3v) is 3.11. The molecule has 1 rings (SSSR count). The Balaban J connectivity index is 2.68. The maximum absolute atomic E-state index is 5.92. The summed E-state index contributed by atoms with van der Waals surface area (Å²) in [6.45, 7) is 10.1. The number of halogens is 1. The van der Waals surface area contributed by atoms with Crippen LogP contribution in [0.2, 0.25) is 5.15 Å². The highest BCUT2D eigenvalue weighted by Gasteiger charge is 2.20. The van der Waals surface area contributed by atoms with E-state index >= 15 is 0 Å². The van der Waals surface area contributed by atoms with E-state index in [-0.39, 0.29) is 5.41 Å². The summed E-state index contributed by atoms with van der Waals surface area (Å²) in [4.78, 5) is 6.74. The molecule has 0 saturated heterocycles. The van der Waals surface area contributed by atoms with Gasteiger partial charge in [-0.15, -0.1) is 0 Å². The Kier molecular flexibility index (Phi) is 6.06. The second-order valence-corrected chi connectivity index (χ2v) is 5.92.